The molecule has 0 aliphatic rings. The summed E-state index contributed by atoms with van der Waals surface area (Å²) in [5.74, 6) is 0.568. The molecule has 0 fully saturated rings. The van der Waals surface area contributed by atoms with Crippen LogP contribution in [0.5, 0.6) is 0 Å². The summed E-state index contributed by atoms with van der Waals surface area (Å²) in [6, 6.07) is 7.62. The van der Waals surface area contributed by atoms with Crippen molar-refractivity contribution in [1.82, 2.24) is 25.0 Å². The van der Waals surface area contributed by atoms with Gasteiger partial charge in [0.15, 0.2) is 5.82 Å². The van der Waals surface area contributed by atoms with Crippen LogP contribution < -0.4 is 0 Å². The molecule has 0 saturated carbocycles. The molecule has 2 heterocycles. The Hall–Kier alpha value is -1.53. The quantitative estimate of drug-likeness (QED) is 0.648. The van der Waals surface area contributed by atoms with Gasteiger partial charge >= 0.3 is 0 Å². The molecule has 0 amide bonds. The lowest BCUT2D eigenvalue weighted by Crippen LogP contribution is -2.02. The maximum Gasteiger partial charge on any atom is 0.224 e. The van der Waals surface area contributed by atoms with Gasteiger partial charge in [0.1, 0.15) is 5.52 Å². The molecule has 5 nitrogen and oxygen atoms in total. The van der Waals surface area contributed by atoms with E-state index in [1.165, 1.54) is 0 Å². The number of aromatic nitrogens is 5. The monoisotopic (exact) mass is 309 g/mol. The third-order valence-corrected chi connectivity index (χ3v) is 2.99. The molecule has 0 aliphatic carbocycles. The van der Waals surface area contributed by atoms with Gasteiger partial charge in [-0.3, -0.25) is 0 Å². The van der Waals surface area contributed by atoms with Crippen LogP contribution in [0.25, 0.3) is 16.9 Å². The van der Waals surface area contributed by atoms with Crippen molar-refractivity contribution >= 4 is 38.6 Å². The zero-order chi connectivity index (χ0) is 11.8. The van der Waals surface area contributed by atoms with Crippen LogP contribution in [0.4, 0.5) is 0 Å². The van der Waals surface area contributed by atoms with E-state index < -0.39 is 0 Å². The minimum absolute atomic E-state index is 0.169. The fourth-order valence-corrected chi connectivity index (χ4v) is 2.00. The van der Waals surface area contributed by atoms with Crippen LogP contribution in [-0.2, 0) is 0 Å². The van der Waals surface area contributed by atoms with Gasteiger partial charge in [-0.2, -0.15) is 9.67 Å². The zero-order valence-electron chi connectivity index (χ0n) is 8.38. The SMILES string of the molecule is Clc1ncc(Br)c(-n2nnc3ccccc32)n1. The predicted octanol–water partition coefficient (Wildman–Crippen LogP) is 2.63. The third-order valence-electron chi connectivity index (χ3n) is 2.25. The van der Waals surface area contributed by atoms with Crippen molar-refractivity contribution in [2.45, 2.75) is 0 Å². The van der Waals surface area contributed by atoms with Crippen LogP contribution >= 0.6 is 27.5 Å². The summed E-state index contributed by atoms with van der Waals surface area (Å²) in [7, 11) is 0. The normalized spacial score (nSPS) is 10.9. The summed E-state index contributed by atoms with van der Waals surface area (Å²) in [5.41, 5.74) is 1.66. The second-order valence-corrected chi connectivity index (χ2v) is 4.49. The van der Waals surface area contributed by atoms with Gasteiger partial charge in [0.25, 0.3) is 0 Å². The number of hydrogen-bond acceptors (Lipinski definition) is 4. The Morgan fingerprint density at radius 1 is 1.24 bits per heavy atom. The van der Waals surface area contributed by atoms with Crippen LogP contribution in [0.1, 0.15) is 0 Å². The lowest BCUT2D eigenvalue weighted by Gasteiger charge is -2.03. The summed E-state index contributed by atoms with van der Waals surface area (Å²) in [5, 5.41) is 8.28. The Bertz CT molecular complexity index is 696. The van der Waals surface area contributed by atoms with E-state index in [1.54, 1.807) is 10.9 Å². The van der Waals surface area contributed by atoms with Gasteiger partial charge in [0.05, 0.1) is 9.99 Å². The third kappa shape index (κ3) is 1.79. The fraction of sp³-hybridized carbons (Fsp3) is 0. The average Bonchev–Trinajstić information content (AvgIpc) is 2.76. The molecule has 0 bridgehead atoms. The molecule has 2 aromatic heterocycles. The molecular formula is C10H5BrClN5. The highest BCUT2D eigenvalue weighted by Crippen LogP contribution is 2.22. The molecule has 84 valence electrons. The second-order valence-electron chi connectivity index (χ2n) is 3.30. The minimum Gasteiger partial charge on any atom is -0.225 e. The molecule has 0 unspecified atom stereocenters. The van der Waals surface area contributed by atoms with Crippen molar-refractivity contribution in [3.63, 3.8) is 0 Å². The van der Waals surface area contributed by atoms with Crippen molar-refractivity contribution in [2.75, 3.05) is 0 Å². The zero-order valence-corrected chi connectivity index (χ0v) is 10.7. The van der Waals surface area contributed by atoms with Crippen LogP contribution in [0.2, 0.25) is 5.28 Å². The first-order valence-corrected chi connectivity index (χ1v) is 5.91. The molecule has 17 heavy (non-hydrogen) atoms. The Kier molecular flexibility index (Phi) is 2.53. The molecule has 3 aromatic rings. The molecule has 0 N–H and O–H groups in total. The van der Waals surface area contributed by atoms with Gasteiger partial charge in [-0.05, 0) is 39.7 Å². The molecule has 0 radical (unpaired) electrons. The van der Waals surface area contributed by atoms with Crippen LogP contribution in [0.3, 0.4) is 0 Å². The lowest BCUT2D eigenvalue weighted by atomic mass is 10.3. The maximum absolute atomic E-state index is 5.78. The Labute approximate surface area is 110 Å². The van der Waals surface area contributed by atoms with Gasteiger partial charge in [-0.1, -0.05) is 17.3 Å². The van der Waals surface area contributed by atoms with Crippen LogP contribution in [0, 0.1) is 0 Å². The highest BCUT2D eigenvalue weighted by atomic mass is 79.9. The predicted molar refractivity (Wildman–Crippen MR) is 67.2 cm³/mol. The van der Waals surface area contributed by atoms with Gasteiger partial charge in [-0.25, -0.2) is 4.98 Å². The maximum atomic E-state index is 5.78. The standard InChI is InChI=1S/C10H5BrClN5/c11-6-5-13-10(12)14-9(6)17-8-4-2-1-3-7(8)15-16-17/h1-5H. The number of nitrogens with zero attached hydrogens (tertiary/aromatic N) is 5. The molecule has 1 aromatic carbocycles. The molecule has 3 rings (SSSR count). The molecule has 0 spiro atoms. The van der Waals surface area contributed by atoms with E-state index in [0.29, 0.717) is 10.3 Å². The highest BCUT2D eigenvalue weighted by molar-refractivity contribution is 9.10. The number of benzene rings is 1. The van der Waals surface area contributed by atoms with E-state index in [0.717, 1.165) is 11.0 Å². The highest BCUT2D eigenvalue weighted by Gasteiger charge is 2.11. The molecule has 0 atom stereocenters. The minimum atomic E-state index is 0.169. The Morgan fingerprint density at radius 2 is 2.06 bits per heavy atom. The fourth-order valence-electron chi connectivity index (χ4n) is 1.51. The topological polar surface area (TPSA) is 56.5 Å². The number of rotatable bonds is 1. The van der Waals surface area contributed by atoms with Gasteiger partial charge in [0.2, 0.25) is 5.28 Å². The van der Waals surface area contributed by atoms with Crippen molar-refractivity contribution in [3.8, 4) is 5.82 Å². The van der Waals surface area contributed by atoms with Crippen molar-refractivity contribution in [3.05, 3.63) is 40.2 Å². The van der Waals surface area contributed by atoms with E-state index in [2.05, 4.69) is 36.2 Å². The number of halogens is 2. The smallest absolute Gasteiger partial charge is 0.224 e. The first-order valence-electron chi connectivity index (χ1n) is 4.74. The summed E-state index contributed by atoms with van der Waals surface area (Å²) in [6.45, 7) is 0. The van der Waals surface area contributed by atoms with E-state index in [-0.39, 0.29) is 5.28 Å². The largest absolute Gasteiger partial charge is 0.225 e. The van der Waals surface area contributed by atoms with Crippen molar-refractivity contribution in [1.29, 1.82) is 0 Å². The van der Waals surface area contributed by atoms with E-state index in [1.807, 2.05) is 24.3 Å². The first kappa shape index (κ1) is 10.6. The number of para-hydroxylation sites is 1. The summed E-state index contributed by atoms with van der Waals surface area (Å²) in [4.78, 5) is 8.01. The molecule has 7 heteroatoms. The molecular weight excluding hydrogens is 306 g/mol. The number of hydrogen-bond donors (Lipinski definition) is 0. The second kappa shape index (κ2) is 4.05. The van der Waals surface area contributed by atoms with E-state index in [4.69, 9.17) is 11.6 Å². The number of fused-ring (bicyclic) bond motifs is 1. The van der Waals surface area contributed by atoms with E-state index >= 15 is 0 Å². The van der Waals surface area contributed by atoms with Gasteiger partial charge in [-0.15, -0.1) is 5.10 Å². The summed E-state index contributed by atoms with van der Waals surface area (Å²) in [6.07, 6.45) is 1.58. The summed E-state index contributed by atoms with van der Waals surface area (Å²) >= 11 is 9.15. The van der Waals surface area contributed by atoms with Gasteiger partial charge in [0, 0.05) is 6.20 Å². The van der Waals surface area contributed by atoms with Crippen LogP contribution in [-0.4, -0.2) is 25.0 Å². The molecule has 0 saturated heterocycles. The summed E-state index contributed by atoms with van der Waals surface area (Å²) < 4.78 is 2.32. The lowest BCUT2D eigenvalue weighted by molar-refractivity contribution is 0.793. The van der Waals surface area contributed by atoms with Gasteiger partial charge < -0.3 is 0 Å². The Morgan fingerprint density at radius 3 is 2.94 bits per heavy atom. The van der Waals surface area contributed by atoms with Crippen LogP contribution in [0.15, 0.2) is 34.9 Å². The Balaban J connectivity index is 2.31. The van der Waals surface area contributed by atoms with Crippen molar-refractivity contribution < 1.29 is 0 Å². The molecule has 0 aliphatic heterocycles. The van der Waals surface area contributed by atoms with E-state index in [9.17, 15) is 0 Å². The van der Waals surface area contributed by atoms with Crippen molar-refractivity contribution in [2.24, 2.45) is 0 Å². The average molecular weight is 311 g/mol. The first-order chi connectivity index (χ1) is 8.25.